The molecule has 7 heteroatoms. The molecule has 1 amide bonds. The second-order valence-electron chi connectivity index (χ2n) is 6.50. The highest BCUT2D eigenvalue weighted by Crippen LogP contribution is 2.23. The molecule has 0 atom stereocenters. The summed E-state index contributed by atoms with van der Waals surface area (Å²) < 4.78 is 6.17. The van der Waals surface area contributed by atoms with Crippen LogP contribution >= 0.6 is 0 Å². The number of carbonyl (C=O) groups is 2. The van der Waals surface area contributed by atoms with Gasteiger partial charge in [-0.25, -0.2) is 9.48 Å². The lowest BCUT2D eigenvalue weighted by Crippen LogP contribution is -2.17. The predicted molar refractivity (Wildman–Crippen MR) is 108 cm³/mol. The Morgan fingerprint density at radius 1 is 1.07 bits per heavy atom. The van der Waals surface area contributed by atoms with Crippen LogP contribution in [0.2, 0.25) is 0 Å². The maximum absolute atomic E-state index is 12.9. The lowest BCUT2D eigenvalue weighted by atomic mass is 10.1. The van der Waals surface area contributed by atoms with Gasteiger partial charge in [0, 0.05) is 31.5 Å². The average Bonchev–Trinajstić information content (AvgIpc) is 3.13. The Labute approximate surface area is 163 Å². The van der Waals surface area contributed by atoms with Gasteiger partial charge in [-0.2, -0.15) is 5.10 Å². The highest BCUT2D eigenvalue weighted by atomic mass is 16.5. The van der Waals surface area contributed by atoms with Gasteiger partial charge in [-0.05, 0) is 42.8 Å². The minimum absolute atomic E-state index is 0.0654. The maximum Gasteiger partial charge on any atom is 0.358 e. The molecule has 0 fully saturated rings. The Hall–Kier alpha value is -3.61. The van der Waals surface area contributed by atoms with E-state index in [1.807, 2.05) is 62.3 Å². The fourth-order valence-electron chi connectivity index (χ4n) is 2.94. The summed E-state index contributed by atoms with van der Waals surface area (Å²) in [4.78, 5) is 26.8. The zero-order chi connectivity index (χ0) is 20.3. The Morgan fingerprint density at radius 3 is 2.39 bits per heavy atom. The van der Waals surface area contributed by atoms with E-state index >= 15 is 0 Å². The summed E-state index contributed by atoms with van der Waals surface area (Å²) in [6.45, 7) is 1.98. The molecule has 2 aromatic carbocycles. The molecule has 1 heterocycles. The van der Waals surface area contributed by atoms with Gasteiger partial charge in [0.05, 0.1) is 12.8 Å². The van der Waals surface area contributed by atoms with Gasteiger partial charge in [0.2, 0.25) is 0 Å². The van der Waals surface area contributed by atoms with Crippen molar-refractivity contribution in [3.63, 3.8) is 0 Å². The van der Waals surface area contributed by atoms with Crippen LogP contribution in [0.4, 0.5) is 11.4 Å². The largest absolute Gasteiger partial charge is 0.464 e. The number of carbonyl (C=O) groups excluding carboxylic acids is 2. The van der Waals surface area contributed by atoms with Gasteiger partial charge < -0.3 is 15.0 Å². The molecule has 144 valence electrons. The Balaban J connectivity index is 1.96. The van der Waals surface area contributed by atoms with E-state index in [0.717, 1.165) is 11.3 Å². The first-order valence-corrected chi connectivity index (χ1v) is 8.74. The number of ether oxygens (including phenoxy) is 1. The number of amides is 1. The number of methoxy groups -OCH3 is 1. The summed E-state index contributed by atoms with van der Waals surface area (Å²) in [6, 6.07) is 16.3. The van der Waals surface area contributed by atoms with Crippen LogP contribution in [0.15, 0.2) is 54.6 Å². The van der Waals surface area contributed by atoms with Crippen LogP contribution in [0, 0.1) is 6.92 Å². The summed E-state index contributed by atoms with van der Waals surface area (Å²) in [5.41, 5.74) is 3.74. The van der Waals surface area contributed by atoms with E-state index in [1.165, 1.54) is 17.9 Å². The van der Waals surface area contributed by atoms with Gasteiger partial charge in [-0.3, -0.25) is 4.79 Å². The highest BCUT2D eigenvalue weighted by Gasteiger charge is 2.21. The van der Waals surface area contributed by atoms with Crippen LogP contribution < -0.4 is 10.2 Å². The van der Waals surface area contributed by atoms with E-state index in [9.17, 15) is 9.59 Å². The van der Waals surface area contributed by atoms with Crippen molar-refractivity contribution in [2.75, 3.05) is 31.4 Å². The lowest BCUT2D eigenvalue weighted by molar-refractivity contribution is 0.0593. The van der Waals surface area contributed by atoms with Crippen LogP contribution in [0.25, 0.3) is 5.69 Å². The number of nitrogens with one attached hydrogen (secondary N) is 1. The third-order valence-corrected chi connectivity index (χ3v) is 4.27. The van der Waals surface area contributed by atoms with Gasteiger partial charge in [0.25, 0.3) is 5.91 Å². The van der Waals surface area contributed by atoms with E-state index in [4.69, 9.17) is 4.74 Å². The molecule has 0 spiro atoms. The molecule has 7 nitrogen and oxygen atoms in total. The molecule has 3 rings (SSSR count). The van der Waals surface area contributed by atoms with Crippen LogP contribution in [-0.4, -0.2) is 42.9 Å². The molecule has 0 aliphatic rings. The SMILES string of the molecule is COC(=O)c1cc(C(=O)Nc2ccc(N(C)C)c(C)c2)n(-c2ccccc2)n1. The molecule has 0 radical (unpaired) electrons. The van der Waals surface area contributed by atoms with Crippen LogP contribution in [0.1, 0.15) is 26.5 Å². The van der Waals surface area contributed by atoms with Crippen molar-refractivity contribution in [3.05, 3.63) is 71.5 Å². The standard InChI is InChI=1S/C21H22N4O3/c1-14-12-15(10-11-18(14)24(2)3)22-20(26)19-13-17(21(27)28-4)23-25(19)16-8-6-5-7-9-16/h5-13H,1-4H3,(H,22,26). The molecular weight excluding hydrogens is 356 g/mol. The first kappa shape index (κ1) is 19.2. The number of anilines is 2. The molecule has 0 aliphatic carbocycles. The average molecular weight is 378 g/mol. The fraction of sp³-hybridized carbons (Fsp3) is 0.190. The molecular formula is C21H22N4O3. The van der Waals surface area contributed by atoms with E-state index in [-0.39, 0.29) is 17.3 Å². The number of para-hydroxylation sites is 1. The zero-order valence-electron chi connectivity index (χ0n) is 16.3. The molecule has 0 unspecified atom stereocenters. The number of benzene rings is 2. The lowest BCUT2D eigenvalue weighted by Gasteiger charge is -2.16. The second-order valence-corrected chi connectivity index (χ2v) is 6.50. The van der Waals surface area contributed by atoms with Crippen molar-refractivity contribution < 1.29 is 14.3 Å². The first-order valence-electron chi connectivity index (χ1n) is 8.74. The van der Waals surface area contributed by atoms with Gasteiger partial charge in [-0.1, -0.05) is 18.2 Å². The summed E-state index contributed by atoms with van der Waals surface area (Å²) in [6.07, 6.45) is 0. The van der Waals surface area contributed by atoms with E-state index in [0.29, 0.717) is 11.4 Å². The minimum Gasteiger partial charge on any atom is -0.464 e. The second kappa shape index (κ2) is 7.96. The molecule has 3 aromatic rings. The van der Waals surface area contributed by atoms with Crippen molar-refractivity contribution in [2.24, 2.45) is 0 Å². The van der Waals surface area contributed by atoms with Crippen molar-refractivity contribution in [2.45, 2.75) is 6.92 Å². The number of esters is 1. The van der Waals surface area contributed by atoms with Crippen molar-refractivity contribution in [3.8, 4) is 5.69 Å². The highest BCUT2D eigenvalue weighted by molar-refractivity contribution is 6.05. The van der Waals surface area contributed by atoms with E-state index in [1.54, 1.807) is 12.1 Å². The molecule has 28 heavy (non-hydrogen) atoms. The van der Waals surface area contributed by atoms with Gasteiger partial charge in [0.1, 0.15) is 5.69 Å². The molecule has 0 aliphatic heterocycles. The number of aromatic nitrogens is 2. The van der Waals surface area contributed by atoms with Crippen molar-refractivity contribution >= 4 is 23.3 Å². The van der Waals surface area contributed by atoms with Gasteiger partial charge >= 0.3 is 5.97 Å². The van der Waals surface area contributed by atoms with Crippen LogP contribution in [0.3, 0.4) is 0 Å². The van der Waals surface area contributed by atoms with Crippen molar-refractivity contribution in [1.29, 1.82) is 0 Å². The normalized spacial score (nSPS) is 10.4. The summed E-state index contributed by atoms with van der Waals surface area (Å²) in [5, 5.41) is 7.12. The predicted octanol–water partition coefficient (Wildman–Crippen LogP) is 3.29. The van der Waals surface area contributed by atoms with Crippen molar-refractivity contribution in [1.82, 2.24) is 9.78 Å². The maximum atomic E-state index is 12.9. The number of hydrogen-bond donors (Lipinski definition) is 1. The Bertz CT molecular complexity index is 1010. The molecule has 0 bridgehead atoms. The third-order valence-electron chi connectivity index (χ3n) is 4.27. The van der Waals surface area contributed by atoms with Gasteiger partial charge in [0.15, 0.2) is 5.69 Å². The summed E-state index contributed by atoms with van der Waals surface area (Å²) >= 11 is 0. The summed E-state index contributed by atoms with van der Waals surface area (Å²) in [7, 11) is 5.21. The minimum atomic E-state index is -0.602. The number of nitrogens with zero attached hydrogens (tertiary/aromatic N) is 3. The molecule has 0 saturated carbocycles. The van der Waals surface area contributed by atoms with Gasteiger partial charge in [-0.15, -0.1) is 0 Å². The smallest absolute Gasteiger partial charge is 0.358 e. The van der Waals surface area contributed by atoms with E-state index < -0.39 is 5.97 Å². The molecule has 0 saturated heterocycles. The number of hydrogen-bond acceptors (Lipinski definition) is 5. The summed E-state index contributed by atoms with van der Waals surface area (Å²) in [5.74, 6) is -0.974. The zero-order valence-corrected chi connectivity index (χ0v) is 16.3. The number of aryl methyl sites for hydroxylation is 1. The van der Waals surface area contributed by atoms with E-state index in [2.05, 4.69) is 10.4 Å². The van der Waals surface area contributed by atoms with Crippen LogP contribution in [-0.2, 0) is 4.74 Å². The topological polar surface area (TPSA) is 76.5 Å². The monoisotopic (exact) mass is 378 g/mol. The van der Waals surface area contributed by atoms with Crippen LogP contribution in [0.5, 0.6) is 0 Å². The Kier molecular flexibility index (Phi) is 5.44. The third kappa shape index (κ3) is 3.88. The fourth-order valence-corrected chi connectivity index (χ4v) is 2.94. The quantitative estimate of drug-likeness (QED) is 0.690. The Morgan fingerprint density at radius 2 is 1.79 bits per heavy atom. The first-order chi connectivity index (χ1) is 13.4. The molecule has 1 aromatic heterocycles. The molecule has 1 N–H and O–H groups in total. The number of rotatable bonds is 5.